The summed E-state index contributed by atoms with van der Waals surface area (Å²) in [5.74, 6) is 0.353. The molecule has 3 aliphatic rings. The van der Waals surface area contributed by atoms with E-state index in [-0.39, 0.29) is 12.2 Å². The van der Waals surface area contributed by atoms with Crippen LogP contribution in [0.3, 0.4) is 0 Å². The van der Waals surface area contributed by atoms with Crippen molar-refractivity contribution in [2.45, 2.75) is 76.7 Å². The molecule has 3 nitrogen and oxygen atoms in total. The summed E-state index contributed by atoms with van der Waals surface area (Å²) >= 11 is 0. The lowest BCUT2D eigenvalue weighted by molar-refractivity contribution is -0.215. The van der Waals surface area contributed by atoms with E-state index in [0.717, 1.165) is 12.8 Å². The van der Waals surface area contributed by atoms with E-state index in [2.05, 4.69) is 38.2 Å². The zero-order valence-corrected chi connectivity index (χ0v) is 13.1. The Morgan fingerprint density at radius 1 is 1.25 bits per heavy atom. The van der Waals surface area contributed by atoms with Crippen LogP contribution in [0.2, 0.25) is 0 Å². The van der Waals surface area contributed by atoms with Crippen LogP contribution in [0.5, 0.6) is 0 Å². The molecule has 0 aliphatic heterocycles. The highest BCUT2D eigenvalue weighted by Gasteiger charge is 2.59. The molecule has 114 valence electrons. The van der Waals surface area contributed by atoms with Gasteiger partial charge in [0.05, 0.1) is 11.7 Å². The van der Waals surface area contributed by atoms with E-state index in [4.69, 9.17) is 4.74 Å². The summed E-state index contributed by atoms with van der Waals surface area (Å²) in [6.07, 6.45) is 11.0. The molecule has 0 aromatic rings. The van der Waals surface area contributed by atoms with Crippen LogP contribution in [0.4, 0.5) is 0 Å². The third-order valence-corrected chi connectivity index (χ3v) is 5.39. The smallest absolute Gasteiger partial charge is 0.0668 e. The van der Waals surface area contributed by atoms with E-state index >= 15 is 0 Å². The SMILES string of the molecule is CC(C)(C)OC1CC(N[C@@H]2C=C[C@H](CO)C2)C12CCC2. The average Bonchev–Trinajstić information content (AvgIpc) is 2.71. The van der Waals surface area contributed by atoms with Crippen LogP contribution in [0, 0.1) is 11.3 Å². The molecular formula is C17H29NO2. The molecule has 4 atom stereocenters. The van der Waals surface area contributed by atoms with Gasteiger partial charge in [0, 0.05) is 30.0 Å². The predicted octanol–water partition coefficient (Wildman–Crippen LogP) is 2.64. The van der Waals surface area contributed by atoms with Crippen molar-refractivity contribution in [3.05, 3.63) is 12.2 Å². The first kappa shape index (κ1) is 14.6. The Balaban J connectivity index is 1.56. The van der Waals surface area contributed by atoms with Gasteiger partial charge in [0.15, 0.2) is 0 Å². The first-order chi connectivity index (χ1) is 9.43. The Hall–Kier alpha value is -0.380. The number of hydrogen-bond acceptors (Lipinski definition) is 3. The molecule has 0 radical (unpaired) electrons. The van der Waals surface area contributed by atoms with Crippen molar-refractivity contribution in [3.8, 4) is 0 Å². The van der Waals surface area contributed by atoms with Crippen molar-refractivity contribution in [3.63, 3.8) is 0 Å². The van der Waals surface area contributed by atoms with Crippen LogP contribution in [0.15, 0.2) is 12.2 Å². The summed E-state index contributed by atoms with van der Waals surface area (Å²) in [6.45, 7) is 6.75. The summed E-state index contributed by atoms with van der Waals surface area (Å²) in [4.78, 5) is 0. The predicted molar refractivity (Wildman–Crippen MR) is 80.6 cm³/mol. The van der Waals surface area contributed by atoms with Gasteiger partial charge in [-0.2, -0.15) is 0 Å². The third-order valence-electron chi connectivity index (χ3n) is 5.39. The van der Waals surface area contributed by atoms with Gasteiger partial charge in [-0.25, -0.2) is 0 Å². The number of rotatable bonds is 4. The van der Waals surface area contributed by atoms with E-state index in [9.17, 15) is 5.11 Å². The van der Waals surface area contributed by atoms with Gasteiger partial charge in [0.1, 0.15) is 0 Å². The van der Waals surface area contributed by atoms with Crippen LogP contribution in [-0.4, -0.2) is 35.5 Å². The van der Waals surface area contributed by atoms with E-state index in [1.54, 1.807) is 0 Å². The molecule has 20 heavy (non-hydrogen) atoms. The second-order valence-electron chi connectivity index (χ2n) is 7.93. The van der Waals surface area contributed by atoms with E-state index < -0.39 is 0 Å². The number of aliphatic hydroxyl groups is 1. The summed E-state index contributed by atoms with van der Waals surface area (Å²) in [5.41, 5.74) is 0.367. The highest BCUT2D eigenvalue weighted by molar-refractivity contribution is 5.15. The molecule has 3 aliphatic carbocycles. The summed E-state index contributed by atoms with van der Waals surface area (Å²) in [7, 11) is 0. The van der Waals surface area contributed by atoms with Gasteiger partial charge in [-0.1, -0.05) is 18.6 Å². The summed E-state index contributed by atoms with van der Waals surface area (Å²) < 4.78 is 6.27. The summed E-state index contributed by atoms with van der Waals surface area (Å²) in [6, 6.07) is 1.06. The average molecular weight is 279 g/mol. The van der Waals surface area contributed by atoms with E-state index in [1.165, 1.54) is 19.3 Å². The molecule has 0 aromatic carbocycles. The normalized spacial score (nSPS) is 38.8. The molecule has 3 heteroatoms. The van der Waals surface area contributed by atoms with Gasteiger partial charge in [-0.05, 0) is 46.5 Å². The molecule has 0 amide bonds. The highest BCUT2D eigenvalue weighted by Crippen LogP contribution is 2.58. The molecule has 0 heterocycles. The molecule has 2 N–H and O–H groups in total. The first-order valence-corrected chi connectivity index (χ1v) is 8.16. The fourth-order valence-electron chi connectivity index (χ4n) is 4.12. The van der Waals surface area contributed by atoms with Gasteiger partial charge < -0.3 is 15.2 Å². The van der Waals surface area contributed by atoms with Gasteiger partial charge in [-0.3, -0.25) is 0 Å². The fraction of sp³-hybridized carbons (Fsp3) is 0.882. The number of aliphatic hydroxyl groups excluding tert-OH is 1. The molecule has 2 fully saturated rings. The molecule has 0 saturated heterocycles. The molecule has 0 bridgehead atoms. The van der Waals surface area contributed by atoms with Crippen LogP contribution < -0.4 is 5.32 Å². The van der Waals surface area contributed by atoms with Gasteiger partial charge in [0.2, 0.25) is 0 Å². The Labute approximate surface area is 122 Å². The maximum Gasteiger partial charge on any atom is 0.0668 e. The third kappa shape index (κ3) is 2.56. The minimum atomic E-state index is -0.0343. The van der Waals surface area contributed by atoms with Crippen molar-refractivity contribution in [1.82, 2.24) is 5.32 Å². The van der Waals surface area contributed by atoms with E-state index in [0.29, 0.717) is 29.5 Å². The maximum atomic E-state index is 9.22. The number of hydrogen-bond donors (Lipinski definition) is 2. The van der Waals surface area contributed by atoms with Crippen molar-refractivity contribution in [2.75, 3.05) is 6.61 Å². The molecule has 0 aromatic heterocycles. The standard InChI is InChI=1S/C17H29NO2/c1-16(2,3)20-15-10-14(17(15)7-4-8-17)18-13-6-5-12(9-13)11-19/h5-6,12-15,18-19H,4,7-11H2,1-3H3/t12-,13+,14?,15?/m0/s1. The second kappa shape index (κ2) is 5.11. The quantitative estimate of drug-likeness (QED) is 0.777. The Kier molecular flexibility index (Phi) is 3.72. The number of ether oxygens (including phenoxy) is 1. The number of nitrogens with one attached hydrogen (secondary N) is 1. The Bertz CT molecular complexity index is 381. The van der Waals surface area contributed by atoms with Crippen LogP contribution in [0.25, 0.3) is 0 Å². The van der Waals surface area contributed by atoms with Gasteiger partial charge >= 0.3 is 0 Å². The van der Waals surface area contributed by atoms with Gasteiger partial charge in [-0.15, -0.1) is 0 Å². The van der Waals surface area contributed by atoms with Crippen molar-refractivity contribution < 1.29 is 9.84 Å². The Morgan fingerprint density at radius 3 is 2.50 bits per heavy atom. The van der Waals surface area contributed by atoms with Crippen molar-refractivity contribution in [2.24, 2.45) is 11.3 Å². The highest BCUT2D eigenvalue weighted by atomic mass is 16.5. The van der Waals surface area contributed by atoms with Crippen LogP contribution in [0.1, 0.15) is 52.9 Å². The van der Waals surface area contributed by atoms with Gasteiger partial charge in [0.25, 0.3) is 0 Å². The topological polar surface area (TPSA) is 41.5 Å². The molecule has 3 rings (SSSR count). The lowest BCUT2D eigenvalue weighted by Crippen LogP contribution is -2.68. The minimum absolute atomic E-state index is 0.0343. The second-order valence-corrected chi connectivity index (χ2v) is 7.93. The van der Waals surface area contributed by atoms with E-state index in [1.807, 2.05) is 0 Å². The zero-order chi connectivity index (χ0) is 14.4. The lowest BCUT2D eigenvalue weighted by Gasteiger charge is -2.62. The maximum absolute atomic E-state index is 9.22. The van der Waals surface area contributed by atoms with Crippen LogP contribution >= 0.6 is 0 Å². The van der Waals surface area contributed by atoms with Crippen molar-refractivity contribution in [1.29, 1.82) is 0 Å². The minimum Gasteiger partial charge on any atom is -0.396 e. The fourth-order valence-corrected chi connectivity index (χ4v) is 4.12. The monoisotopic (exact) mass is 279 g/mol. The Morgan fingerprint density at radius 2 is 2.00 bits per heavy atom. The zero-order valence-electron chi connectivity index (χ0n) is 13.1. The first-order valence-electron chi connectivity index (χ1n) is 8.16. The summed E-state index contributed by atoms with van der Waals surface area (Å²) in [5, 5.41) is 13.0. The largest absolute Gasteiger partial charge is 0.396 e. The van der Waals surface area contributed by atoms with Crippen molar-refractivity contribution >= 4 is 0 Å². The molecular weight excluding hydrogens is 250 g/mol. The molecule has 1 spiro atoms. The van der Waals surface area contributed by atoms with Crippen LogP contribution in [-0.2, 0) is 4.74 Å². The lowest BCUT2D eigenvalue weighted by atomic mass is 9.50. The molecule has 2 saturated carbocycles. The molecule has 2 unspecified atom stereocenters.